The average Bonchev–Trinajstić information content (AvgIpc) is 3.18. The van der Waals surface area contributed by atoms with Crippen LogP contribution in [0.5, 0.6) is 0 Å². The minimum absolute atomic E-state index is 0.0323. The molecule has 1 heterocycles. The van der Waals surface area contributed by atoms with Crippen LogP contribution < -0.4 is 10.6 Å². The van der Waals surface area contributed by atoms with Crippen molar-refractivity contribution in [2.45, 2.75) is 87.2 Å². The van der Waals surface area contributed by atoms with Crippen LogP contribution in [-0.4, -0.2) is 116 Å². The monoisotopic (exact) mass is 634 g/mol. The maximum atomic E-state index is 11.3. The second kappa shape index (κ2) is 14.0. The number of benzene rings is 1. The van der Waals surface area contributed by atoms with E-state index in [-0.39, 0.29) is 38.4 Å². The van der Waals surface area contributed by atoms with Crippen molar-refractivity contribution in [3.05, 3.63) is 28.2 Å². The van der Waals surface area contributed by atoms with Gasteiger partial charge in [-0.05, 0) is 55.9 Å². The van der Waals surface area contributed by atoms with Gasteiger partial charge in [0.05, 0.1) is 44.2 Å². The maximum Gasteiger partial charge on any atom is 0.275 e. The molecule has 10 N–H and O–H groups in total. The second-order valence-corrected chi connectivity index (χ2v) is 12.3. The van der Waals surface area contributed by atoms with Gasteiger partial charge in [0, 0.05) is 47.1 Å². The van der Waals surface area contributed by atoms with Gasteiger partial charge in [-0.2, -0.15) is 0 Å². The van der Waals surface area contributed by atoms with Gasteiger partial charge >= 0.3 is 0 Å². The van der Waals surface area contributed by atoms with Crippen LogP contribution in [0.3, 0.4) is 0 Å². The number of halogens is 1. The molecule has 12 nitrogen and oxygen atoms in total. The van der Waals surface area contributed by atoms with E-state index in [1.54, 1.807) is 12.1 Å². The molecule has 2 aliphatic carbocycles. The van der Waals surface area contributed by atoms with E-state index in [2.05, 4.69) is 26.6 Å². The summed E-state index contributed by atoms with van der Waals surface area (Å²) >= 11 is 3.48. The largest absolute Gasteiger partial charge is 0.396 e. The lowest BCUT2D eigenvalue weighted by Gasteiger charge is -2.39. The van der Waals surface area contributed by atoms with Gasteiger partial charge in [0.1, 0.15) is 12.2 Å². The molecule has 1 aliphatic heterocycles. The van der Waals surface area contributed by atoms with E-state index >= 15 is 0 Å². The van der Waals surface area contributed by atoms with Gasteiger partial charge in [0.25, 0.3) is 5.91 Å². The fourth-order valence-electron chi connectivity index (χ4n) is 6.05. The summed E-state index contributed by atoms with van der Waals surface area (Å²) < 4.78 is 12.3. The fourth-order valence-corrected chi connectivity index (χ4v) is 6.45. The Hall–Kier alpha value is -0.940. The zero-order valence-electron chi connectivity index (χ0n) is 22.3. The number of ether oxygens (including phenoxy) is 2. The van der Waals surface area contributed by atoms with E-state index in [0.717, 1.165) is 35.7 Å². The third kappa shape index (κ3) is 7.33. The topological polar surface area (TPSA) is 204 Å². The van der Waals surface area contributed by atoms with E-state index in [9.17, 15) is 40.9 Å². The van der Waals surface area contributed by atoms with Crippen molar-refractivity contribution in [1.82, 2.24) is 5.32 Å². The van der Waals surface area contributed by atoms with Gasteiger partial charge in [-0.1, -0.05) is 15.9 Å². The van der Waals surface area contributed by atoms with Crippen LogP contribution in [0.15, 0.2) is 22.7 Å². The summed E-state index contributed by atoms with van der Waals surface area (Å²) in [5, 5.41) is 88.4. The molecule has 1 saturated heterocycles. The highest BCUT2D eigenvalue weighted by atomic mass is 79.9. The van der Waals surface area contributed by atoms with E-state index in [1.165, 1.54) is 0 Å². The molecule has 4 rings (SSSR count). The first-order valence-corrected chi connectivity index (χ1v) is 14.8. The zero-order chi connectivity index (χ0) is 29.0. The van der Waals surface area contributed by atoms with Gasteiger partial charge in [0.2, 0.25) is 0 Å². The van der Waals surface area contributed by atoms with E-state index in [4.69, 9.17) is 9.47 Å². The summed E-state index contributed by atoms with van der Waals surface area (Å²) in [7, 11) is 0. The third-order valence-corrected chi connectivity index (χ3v) is 9.10. The molecule has 3 aliphatic rings. The highest BCUT2D eigenvalue weighted by molar-refractivity contribution is 9.10. The van der Waals surface area contributed by atoms with Crippen LogP contribution in [0.2, 0.25) is 0 Å². The number of hydrogen-bond donors (Lipinski definition) is 10. The molecular formula is C27H43BrN2O10. The number of nitrogens with one attached hydrogen (secondary N) is 2. The lowest BCUT2D eigenvalue weighted by atomic mass is 9.76. The Balaban J connectivity index is 1.38. The average molecular weight is 636 g/mol. The van der Waals surface area contributed by atoms with Gasteiger partial charge < -0.3 is 61.0 Å². The molecular weight excluding hydrogens is 592 g/mol. The molecule has 0 spiro atoms. The van der Waals surface area contributed by atoms with Crippen LogP contribution in [0.25, 0.3) is 0 Å². The molecule has 3 fully saturated rings. The first kappa shape index (κ1) is 32.0. The first-order chi connectivity index (χ1) is 19.1. The minimum atomic E-state index is -2.22. The Bertz CT molecular complexity index is 952. The van der Waals surface area contributed by atoms with E-state index in [0.29, 0.717) is 12.2 Å². The Kier molecular flexibility index (Phi) is 11.2. The number of aliphatic hydroxyl groups excluding tert-OH is 7. The summed E-state index contributed by atoms with van der Waals surface area (Å²) in [6, 6.07) is 5.69. The Labute approximate surface area is 242 Å². The van der Waals surface area contributed by atoms with Gasteiger partial charge in [0.15, 0.2) is 0 Å². The maximum absolute atomic E-state index is 11.3. The predicted octanol–water partition coefficient (Wildman–Crippen LogP) is -1.00. The quantitative estimate of drug-likeness (QED) is 0.133. The number of anilines is 1. The highest BCUT2D eigenvalue weighted by Gasteiger charge is 2.54. The SMILES string of the molecule is OC[C@H]1C[C@@H](COC[C@@H]2[C@@H](CO)O[C@@](O)(Nc3ccc(Br)cc3CNC3CCC(O)CC3)[C@H]2O)[C@H](O)[C@@H](O)[C@H]1O. The molecule has 40 heavy (non-hydrogen) atoms. The van der Waals surface area contributed by atoms with Crippen molar-refractivity contribution in [1.29, 1.82) is 0 Å². The molecule has 0 unspecified atom stereocenters. The van der Waals surface area contributed by atoms with Gasteiger partial charge in [-0.3, -0.25) is 0 Å². The highest BCUT2D eigenvalue weighted by Crippen LogP contribution is 2.37. The third-order valence-electron chi connectivity index (χ3n) is 8.60. The Morgan fingerprint density at radius 2 is 1.62 bits per heavy atom. The molecule has 1 aromatic carbocycles. The van der Waals surface area contributed by atoms with Crippen LogP contribution in [0, 0.1) is 17.8 Å². The molecule has 0 amide bonds. The molecule has 228 valence electrons. The smallest absolute Gasteiger partial charge is 0.275 e. The summed E-state index contributed by atoms with van der Waals surface area (Å²) in [5.41, 5.74) is 1.34. The normalized spacial score (nSPS) is 40.3. The summed E-state index contributed by atoms with van der Waals surface area (Å²) in [6.45, 7) is -0.510. The first-order valence-electron chi connectivity index (χ1n) is 14.0. The summed E-state index contributed by atoms with van der Waals surface area (Å²) in [5.74, 6) is -4.21. The molecule has 13 heteroatoms. The summed E-state index contributed by atoms with van der Waals surface area (Å²) in [4.78, 5) is 0. The predicted molar refractivity (Wildman–Crippen MR) is 147 cm³/mol. The molecule has 9 atom stereocenters. The second-order valence-electron chi connectivity index (χ2n) is 11.4. The van der Waals surface area contributed by atoms with E-state index in [1.807, 2.05) is 6.07 Å². The lowest BCUT2D eigenvalue weighted by molar-refractivity contribution is -0.210. The van der Waals surface area contributed by atoms with Crippen molar-refractivity contribution in [3.8, 4) is 0 Å². The number of aliphatic hydroxyl groups is 8. The van der Waals surface area contributed by atoms with E-state index < -0.39 is 60.8 Å². The summed E-state index contributed by atoms with van der Waals surface area (Å²) in [6.07, 6.45) is -3.15. The molecule has 2 saturated carbocycles. The Morgan fingerprint density at radius 3 is 2.30 bits per heavy atom. The van der Waals surface area contributed by atoms with Crippen LogP contribution in [-0.2, 0) is 16.0 Å². The van der Waals surface area contributed by atoms with Gasteiger partial charge in [-0.25, -0.2) is 0 Å². The molecule has 0 aromatic heterocycles. The number of rotatable bonds is 11. The molecule has 0 bridgehead atoms. The molecule has 0 radical (unpaired) electrons. The Morgan fingerprint density at radius 1 is 0.925 bits per heavy atom. The zero-order valence-corrected chi connectivity index (χ0v) is 23.9. The minimum Gasteiger partial charge on any atom is -0.396 e. The number of hydrogen-bond acceptors (Lipinski definition) is 12. The van der Waals surface area contributed by atoms with Crippen LogP contribution in [0.1, 0.15) is 37.7 Å². The van der Waals surface area contributed by atoms with Crippen molar-refractivity contribution in [2.75, 3.05) is 31.7 Å². The van der Waals surface area contributed by atoms with Crippen LogP contribution in [0.4, 0.5) is 5.69 Å². The van der Waals surface area contributed by atoms with Crippen molar-refractivity contribution >= 4 is 21.6 Å². The van der Waals surface area contributed by atoms with Crippen molar-refractivity contribution in [2.24, 2.45) is 17.8 Å². The van der Waals surface area contributed by atoms with Gasteiger partial charge in [-0.15, -0.1) is 0 Å². The fraction of sp³-hybridized carbons (Fsp3) is 0.778. The van der Waals surface area contributed by atoms with Crippen LogP contribution >= 0.6 is 15.9 Å². The molecule has 1 aromatic rings. The van der Waals surface area contributed by atoms with Crippen molar-refractivity contribution < 1.29 is 50.3 Å². The lowest BCUT2D eigenvalue weighted by Crippen LogP contribution is -2.53. The standard InChI is InChI=1S/C27H43BrN2O10/c28-17-1-6-21(14(8-17)9-29-18-2-4-19(33)5-3-18)30-27(38)26(37)20(22(11-32)40-27)13-39-12-16-7-15(10-31)23(34)25(36)24(16)35/h1,6,8,15-16,18-20,22-26,29-38H,2-5,7,9-13H2/t15-,16+,18?,19?,20-,22-,23+,24+,25+,26+,27-/m1/s1. The van der Waals surface area contributed by atoms with Crippen molar-refractivity contribution in [3.63, 3.8) is 0 Å².